The number of hydrogen-bond acceptors (Lipinski definition) is 3. The predicted molar refractivity (Wildman–Crippen MR) is 103 cm³/mol. The fourth-order valence-corrected chi connectivity index (χ4v) is 2.11. The zero-order chi connectivity index (χ0) is 18.3. The number of aliphatic imine (C=N–C) groups is 1. The molecule has 2 rings (SSSR count). The number of alkyl halides is 3. The lowest BCUT2D eigenvalue weighted by molar-refractivity contribution is -0.274. The highest BCUT2D eigenvalue weighted by Gasteiger charge is 2.31. The number of ether oxygens (including phenoxy) is 1. The van der Waals surface area contributed by atoms with Gasteiger partial charge in [0, 0.05) is 25.4 Å². The lowest BCUT2D eigenvalue weighted by atomic mass is 10.2. The number of nitrogens with zero attached hydrogens (tertiary/aromatic N) is 3. The topological polar surface area (TPSA) is 63.5 Å². The summed E-state index contributed by atoms with van der Waals surface area (Å²) in [6.45, 7) is 3.07. The van der Waals surface area contributed by atoms with Crippen molar-refractivity contribution in [3.63, 3.8) is 0 Å². The summed E-state index contributed by atoms with van der Waals surface area (Å²) in [5.74, 6) is 0.242. The highest BCUT2D eigenvalue weighted by molar-refractivity contribution is 14.0. The van der Waals surface area contributed by atoms with Crippen LogP contribution in [-0.4, -0.2) is 28.6 Å². The quantitative estimate of drug-likeness (QED) is 0.377. The molecule has 2 N–H and O–H groups in total. The van der Waals surface area contributed by atoms with Gasteiger partial charge in [-0.2, -0.15) is 5.10 Å². The van der Waals surface area contributed by atoms with E-state index in [-0.39, 0.29) is 36.3 Å². The van der Waals surface area contributed by atoms with Crippen molar-refractivity contribution in [1.82, 2.24) is 20.4 Å². The lowest BCUT2D eigenvalue weighted by Gasteiger charge is -2.14. The third kappa shape index (κ3) is 7.10. The standard InChI is InChI=1S/C16H20F3N5O.HI/c1-3-20-15(22-11-13-8-9-23-24(13)2)21-10-12-6-4-5-7-14(12)25-16(17,18)19;/h4-9H,3,10-11H2,1-2H3,(H2,20,21,22);1H. The molecule has 1 heterocycles. The second-order valence-corrected chi connectivity index (χ2v) is 5.15. The minimum Gasteiger partial charge on any atom is -0.405 e. The van der Waals surface area contributed by atoms with Crippen LogP contribution in [0.15, 0.2) is 41.5 Å². The molecule has 0 amide bonds. The Morgan fingerprint density at radius 1 is 1.23 bits per heavy atom. The largest absolute Gasteiger partial charge is 0.573 e. The summed E-state index contributed by atoms with van der Waals surface area (Å²) in [5, 5.41) is 10.2. The molecule has 0 unspecified atom stereocenters. The molecule has 6 nitrogen and oxygen atoms in total. The molecule has 0 fully saturated rings. The molecule has 1 aromatic carbocycles. The van der Waals surface area contributed by atoms with E-state index in [1.54, 1.807) is 23.0 Å². The van der Waals surface area contributed by atoms with Crippen LogP contribution in [0.1, 0.15) is 18.2 Å². The van der Waals surface area contributed by atoms with E-state index in [1.807, 2.05) is 20.0 Å². The Kier molecular flexibility index (Phi) is 8.69. The van der Waals surface area contributed by atoms with E-state index in [2.05, 4.69) is 25.5 Å². The summed E-state index contributed by atoms with van der Waals surface area (Å²) in [7, 11) is 1.83. The number of hydrogen-bond donors (Lipinski definition) is 2. The summed E-state index contributed by atoms with van der Waals surface area (Å²) in [6.07, 6.45) is -3.05. The molecule has 0 saturated heterocycles. The first-order chi connectivity index (χ1) is 11.9. The van der Waals surface area contributed by atoms with Gasteiger partial charge in [0.05, 0.1) is 18.8 Å². The van der Waals surface area contributed by atoms with Gasteiger partial charge in [-0.1, -0.05) is 18.2 Å². The SMILES string of the molecule is CCNC(=NCc1ccccc1OC(F)(F)F)NCc1ccnn1C.I. The maximum Gasteiger partial charge on any atom is 0.573 e. The second kappa shape index (κ2) is 10.2. The summed E-state index contributed by atoms with van der Waals surface area (Å²) in [4.78, 5) is 4.32. The van der Waals surface area contributed by atoms with Crippen LogP contribution in [0.2, 0.25) is 0 Å². The van der Waals surface area contributed by atoms with Crippen molar-refractivity contribution in [3.05, 3.63) is 47.8 Å². The molecule has 1 aromatic heterocycles. The Labute approximate surface area is 166 Å². The first kappa shape index (κ1) is 22.1. The average molecular weight is 483 g/mol. The minimum absolute atomic E-state index is 0. The van der Waals surface area contributed by atoms with E-state index in [1.165, 1.54) is 12.1 Å². The van der Waals surface area contributed by atoms with Crippen LogP contribution < -0.4 is 15.4 Å². The van der Waals surface area contributed by atoms with E-state index in [4.69, 9.17) is 0 Å². The molecule has 0 spiro atoms. The zero-order valence-electron chi connectivity index (χ0n) is 14.4. The normalized spacial score (nSPS) is 11.7. The molecule has 0 saturated carbocycles. The van der Waals surface area contributed by atoms with E-state index >= 15 is 0 Å². The maximum absolute atomic E-state index is 12.5. The van der Waals surface area contributed by atoms with Crippen LogP contribution in [0, 0.1) is 0 Å². The number of rotatable bonds is 6. The van der Waals surface area contributed by atoms with E-state index < -0.39 is 6.36 Å². The van der Waals surface area contributed by atoms with Crippen LogP contribution >= 0.6 is 24.0 Å². The van der Waals surface area contributed by atoms with Gasteiger partial charge in [0.25, 0.3) is 0 Å². The smallest absolute Gasteiger partial charge is 0.405 e. The fraction of sp³-hybridized carbons (Fsp3) is 0.375. The first-order valence-electron chi connectivity index (χ1n) is 7.71. The molecule has 144 valence electrons. The molecule has 0 aliphatic carbocycles. The number of halogens is 4. The lowest BCUT2D eigenvalue weighted by Crippen LogP contribution is -2.37. The minimum atomic E-state index is -4.73. The predicted octanol–water partition coefficient (Wildman–Crippen LogP) is 3.19. The van der Waals surface area contributed by atoms with Gasteiger partial charge in [-0.15, -0.1) is 37.1 Å². The van der Waals surface area contributed by atoms with Crippen LogP contribution in [0.25, 0.3) is 0 Å². The highest BCUT2D eigenvalue weighted by atomic mass is 127. The zero-order valence-corrected chi connectivity index (χ0v) is 16.7. The molecule has 0 bridgehead atoms. The van der Waals surface area contributed by atoms with Crippen molar-refractivity contribution in [2.24, 2.45) is 12.0 Å². The van der Waals surface area contributed by atoms with Crippen molar-refractivity contribution in [1.29, 1.82) is 0 Å². The molecular weight excluding hydrogens is 462 g/mol. The molecule has 10 heteroatoms. The van der Waals surface area contributed by atoms with Gasteiger partial charge in [0.2, 0.25) is 0 Å². The number of guanidine groups is 1. The fourth-order valence-electron chi connectivity index (χ4n) is 2.11. The van der Waals surface area contributed by atoms with Crippen LogP contribution in [-0.2, 0) is 20.1 Å². The molecule has 2 aromatic rings. The van der Waals surface area contributed by atoms with Gasteiger partial charge in [-0.05, 0) is 19.1 Å². The van der Waals surface area contributed by atoms with Crippen LogP contribution in [0.4, 0.5) is 13.2 Å². The Morgan fingerprint density at radius 3 is 2.58 bits per heavy atom. The van der Waals surface area contributed by atoms with Crippen molar-refractivity contribution < 1.29 is 17.9 Å². The maximum atomic E-state index is 12.5. The number of benzene rings is 1. The Balaban J connectivity index is 0.00000338. The van der Waals surface area contributed by atoms with Crippen molar-refractivity contribution in [3.8, 4) is 5.75 Å². The third-order valence-electron chi connectivity index (χ3n) is 3.31. The van der Waals surface area contributed by atoms with Crippen molar-refractivity contribution in [2.45, 2.75) is 26.4 Å². The van der Waals surface area contributed by atoms with Gasteiger partial charge >= 0.3 is 6.36 Å². The van der Waals surface area contributed by atoms with Gasteiger partial charge < -0.3 is 15.4 Å². The van der Waals surface area contributed by atoms with Gasteiger partial charge in [0.15, 0.2) is 5.96 Å². The average Bonchev–Trinajstić information content (AvgIpc) is 2.95. The van der Waals surface area contributed by atoms with Crippen LogP contribution in [0.5, 0.6) is 5.75 Å². The number of aryl methyl sites for hydroxylation is 1. The van der Waals surface area contributed by atoms with Gasteiger partial charge in [-0.25, -0.2) is 4.99 Å². The molecular formula is C16H21F3IN5O. The molecule has 0 aliphatic heterocycles. The highest BCUT2D eigenvalue weighted by Crippen LogP contribution is 2.26. The number of aromatic nitrogens is 2. The van der Waals surface area contributed by atoms with Crippen molar-refractivity contribution >= 4 is 29.9 Å². The molecule has 26 heavy (non-hydrogen) atoms. The first-order valence-corrected chi connectivity index (χ1v) is 7.71. The summed E-state index contributed by atoms with van der Waals surface area (Å²) >= 11 is 0. The Morgan fingerprint density at radius 2 is 1.96 bits per heavy atom. The Hall–Kier alpha value is -1.98. The van der Waals surface area contributed by atoms with Crippen molar-refractivity contribution in [2.75, 3.05) is 6.54 Å². The van der Waals surface area contributed by atoms with E-state index in [9.17, 15) is 13.2 Å². The van der Waals surface area contributed by atoms with Gasteiger partial charge in [0.1, 0.15) is 5.75 Å². The van der Waals surface area contributed by atoms with Gasteiger partial charge in [-0.3, -0.25) is 4.68 Å². The van der Waals surface area contributed by atoms with E-state index in [0.29, 0.717) is 24.6 Å². The van der Waals surface area contributed by atoms with Crippen LogP contribution in [0.3, 0.4) is 0 Å². The molecule has 0 aliphatic rings. The summed E-state index contributed by atoms with van der Waals surface area (Å²) in [5.41, 5.74) is 1.30. The number of para-hydroxylation sites is 1. The summed E-state index contributed by atoms with van der Waals surface area (Å²) < 4.78 is 43.2. The monoisotopic (exact) mass is 483 g/mol. The number of nitrogens with one attached hydrogen (secondary N) is 2. The third-order valence-corrected chi connectivity index (χ3v) is 3.31. The molecule has 0 radical (unpaired) electrons. The summed E-state index contributed by atoms with van der Waals surface area (Å²) in [6, 6.07) is 7.82. The Bertz CT molecular complexity index is 718. The van der Waals surface area contributed by atoms with E-state index in [0.717, 1.165) is 5.69 Å². The molecule has 0 atom stereocenters. The second-order valence-electron chi connectivity index (χ2n) is 5.15.